The van der Waals surface area contributed by atoms with Crippen molar-refractivity contribution in [1.82, 2.24) is 0 Å². The van der Waals surface area contributed by atoms with Crippen molar-refractivity contribution >= 4 is 29.0 Å². The first-order chi connectivity index (χ1) is 11.2. The Bertz CT molecular complexity index is 817. The highest BCUT2D eigenvalue weighted by Crippen LogP contribution is 2.34. The lowest BCUT2D eigenvalue weighted by molar-refractivity contribution is -0.112. The summed E-state index contributed by atoms with van der Waals surface area (Å²) in [5.74, 6) is 0.777. The lowest BCUT2D eigenvalue weighted by Gasteiger charge is -2.05. The molecule has 1 aromatic heterocycles. The minimum absolute atomic E-state index is 0.0622. The van der Waals surface area contributed by atoms with E-state index >= 15 is 0 Å². The quantitative estimate of drug-likeness (QED) is 0.688. The SMILES string of the molecule is CCc1ccc(C=C(C#N)C(=O)Nc2ccc3c(c2)OCO3)s1. The number of nitrogens with zero attached hydrogens (tertiary/aromatic N) is 1. The Morgan fingerprint density at radius 3 is 2.91 bits per heavy atom. The fraction of sp³-hybridized carbons (Fsp3) is 0.176. The van der Waals surface area contributed by atoms with Gasteiger partial charge in [0.2, 0.25) is 6.79 Å². The highest BCUT2D eigenvalue weighted by molar-refractivity contribution is 7.12. The largest absolute Gasteiger partial charge is 0.454 e. The molecule has 0 bridgehead atoms. The van der Waals surface area contributed by atoms with Crippen LogP contribution in [0.3, 0.4) is 0 Å². The van der Waals surface area contributed by atoms with Gasteiger partial charge in [0.25, 0.3) is 5.91 Å². The van der Waals surface area contributed by atoms with Crippen LogP contribution in [0.15, 0.2) is 35.9 Å². The van der Waals surface area contributed by atoms with Crippen LogP contribution < -0.4 is 14.8 Å². The van der Waals surface area contributed by atoms with Crippen molar-refractivity contribution in [1.29, 1.82) is 5.26 Å². The van der Waals surface area contributed by atoms with Crippen LogP contribution in [0.2, 0.25) is 0 Å². The normalized spacial score (nSPS) is 12.8. The summed E-state index contributed by atoms with van der Waals surface area (Å²) in [5, 5.41) is 11.9. The van der Waals surface area contributed by atoms with Gasteiger partial charge in [-0.05, 0) is 36.8 Å². The summed E-state index contributed by atoms with van der Waals surface area (Å²) in [6.07, 6.45) is 2.54. The van der Waals surface area contributed by atoms with Crippen molar-refractivity contribution in [2.45, 2.75) is 13.3 Å². The van der Waals surface area contributed by atoms with E-state index in [-0.39, 0.29) is 12.4 Å². The van der Waals surface area contributed by atoms with Gasteiger partial charge in [-0.3, -0.25) is 4.79 Å². The number of fused-ring (bicyclic) bond motifs is 1. The number of hydrogen-bond acceptors (Lipinski definition) is 5. The number of anilines is 1. The number of carbonyl (C=O) groups is 1. The third kappa shape index (κ3) is 3.35. The van der Waals surface area contributed by atoms with Gasteiger partial charge in [-0.25, -0.2) is 0 Å². The molecule has 1 N–H and O–H groups in total. The molecule has 1 aromatic carbocycles. The van der Waals surface area contributed by atoms with Gasteiger partial charge in [0, 0.05) is 21.5 Å². The average Bonchev–Trinajstić information content (AvgIpc) is 3.20. The maximum absolute atomic E-state index is 12.3. The Kier molecular flexibility index (Phi) is 4.31. The molecule has 23 heavy (non-hydrogen) atoms. The zero-order valence-corrected chi connectivity index (χ0v) is 13.3. The molecule has 1 aliphatic rings. The van der Waals surface area contributed by atoms with Crippen LogP contribution in [0.4, 0.5) is 5.69 Å². The number of aryl methyl sites for hydroxylation is 1. The number of carbonyl (C=O) groups excluding carboxylic acids is 1. The minimum Gasteiger partial charge on any atom is -0.454 e. The van der Waals surface area contributed by atoms with Crippen molar-refractivity contribution in [3.8, 4) is 17.6 Å². The summed E-state index contributed by atoms with van der Waals surface area (Å²) in [6.45, 7) is 2.24. The zero-order valence-electron chi connectivity index (χ0n) is 12.5. The number of nitriles is 1. The van der Waals surface area contributed by atoms with E-state index in [1.54, 1.807) is 35.6 Å². The summed E-state index contributed by atoms with van der Waals surface area (Å²) in [6, 6.07) is 11.0. The molecule has 0 unspecified atom stereocenters. The van der Waals surface area contributed by atoms with Gasteiger partial charge in [-0.1, -0.05) is 6.92 Å². The highest BCUT2D eigenvalue weighted by Gasteiger charge is 2.15. The lowest BCUT2D eigenvalue weighted by Crippen LogP contribution is -2.13. The molecular weight excluding hydrogens is 312 g/mol. The molecule has 3 rings (SSSR count). The predicted octanol–water partition coefficient (Wildman–Crippen LogP) is 3.58. The number of thiophene rings is 1. The minimum atomic E-state index is -0.446. The van der Waals surface area contributed by atoms with Crippen molar-refractivity contribution in [2.24, 2.45) is 0 Å². The monoisotopic (exact) mass is 326 g/mol. The van der Waals surface area contributed by atoms with Gasteiger partial charge in [-0.2, -0.15) is 5.26 Å². The average molecular weight is 326 g/mol. The van der Waals surface area contributed by atoms with Crippen LogP contribution in [0.25, 0.3) is 6.08 Å². The second-order valence-electron chi connectivity index (χ2n) is 4.85. The summed E-state index contributed by atoms with van der Waals surface area (Å²) in [5.41, 5.74) is 0.619. The first kappa shape index (κ1) is 15.1. The number of amides is 1. The summed E-state index contributed by atoms with van der Waals surface area (Å²) < 4.78 is 10.5. The van der Waals surface area contributed by atoms with Crippen LogP contribution in [-0.4, -0.2) is 12.7 Å². The van der Waals surface area contributed by atoms with Crippen LogP contribution >= 0.6 is 11.3 Å². The number of benzene rings is 1. The molecule has 0 saturated heterocycles. The number of rotatable bonds is 4. The first-order valence-electron chi connectivity index (χ1n) is 7.11. The summed E-state index contributed by atoms with van der Waals surface area (Å²) >= 11 is 1.57. The molecule has 2 aromatic rings. The third-order valence-electron chi connectivity index (χ3n) is 3.31. The van der Waals surface area contributed by atoms with Crippen molar-refractivity contribution in [3.05, 3.63) is 45.7 Å². The number of ether oxygens (including phenoxy) is 2. The highest BCUT2D eigenvalue weighted by atomic mass is 32.1. The van der Waals surface area contributed by atoms with Gasteiger partial charge in [0.15, 0.2) is 11.5 Å². The molecule has 0 saturated carbocycles. The van der Waals surface area contributed by atoms with E-state index < -0.39 is 5.91 Å². The molecule has 0 aliphatic carbocycles. The van der Waals surface area contributed by atoms with E-state index in [1.807, 2.05) is 18.2 Å². The zero-order chi connectivity index (χ0) is 16.2. The fourth-order valence-electron chi connectivity index (χ4n) is 2.13. The number of nitrogens with one attached hydrogen (secondary N) is 1. The Labute approximate surface area is 137 Å². The first-order valence-corrected chi connectivity index (χ1v) is 7.92. The maximum Gasteiger partial charge on any atom is 0.266 e. The van der Waals surface area contributed by atoms with Crippen LogP contribution in [0, 0.1) is 11.3 Å². The Morgan fingerprint density at radius 1 is 1.35 bits per heavy atom. The van der Waals surface area contributed by atoms with Crippen molar-refractivity contribution in [2.75, 3.05) is 12.1 Å². The third-order valence-corrected chi connectivity index (χ3v) is 4.49. The molecule has 0 spiro atoms. The molecule has 0 atom stereocenters. The van der Waals surface area contributed by atoms with Crippen molar-refractivity contribution in [3.63, 3.8) is 0 Å². The van der Waals surface area contributed by atoms with E-state index in [0.29, 0.717) is 17.2 Å². The Morgan fingerprint density at radius 2 is 2.17 bits per heavy atom. The molecule has 1 amide bonds. The van der Waals surface area contributed by atoms with E-state index in [4.69, 9.17) is 9.47 Å². The van der Waals surface area contributed by atoms with Gasteiger partial charge < -0.3 is 14.8 Å². The van der Waals surface area contributed by atoms with Gasteiger partial charge in [0.1, 0.15) is 11.6 Å². The second kappa shape index (κ2) is 6.55. The predicted molar refractivity (Wildman–Crippen MR) is 88.5 cm³/mol. The summed E-state index contributed by atoms with van der Waals surface area (Å²) in [7, 11) is 0. The molecule has 2 heterocycles. The standard InChI is InChI=1S/C17H14N2O3S/c1-2-13-4-5-14(23-13)7-11(9-18)17(20)19-12-3-6-15-16(8-12)22-10-21-15/h3-8H,2,10H2,1H3,(H,19,20). The molecule has 0 fully saturated rings. The summed E-state index contributed by atoms with van der Waals surface area (Å²) in [4.78, 5) is 14.4. The molecular formula is C17H14N2O3S. The van der Waals surface area contributed by atoms with Crippen LogP contribution in [0.1, 0.15) is 16.7 Å². The van der Waals surface area contributed by atoms with Gasteiger partial charge >= 0.3 is 0 Å². The van der Waals surface area contributed by atoms with E-state index in [0.717, 1.165) is 11.3 Å². The van der Waals surface area contributed by atoms with Crippen LogP contribution in [-0.2, 0) is 11.2 Å². The van der Waals surface area contributed by atoms with Gasteiger partial charge in [-0.15, -0.1) is 11.3 Å². The number of hydrogen-bond donors (Lipinski definition) is 1. The Hall–Kier alpha value is -2.78. The maximum atomic E-state index is 12.3. The molecule has 116 valence electrons. The molecule has 5 nitrogen and oxygen atoms in total. The van der Waals surface area contributed by atoms with E-state index in [2.05, 4.69) is 12.2 Å². The smallest absolute Gasteiger partial charge is 0.266 e. The molecule has 0 radical (unpaired) electrons. The molecule has 1 aliphatic heterocycles. The van der Waals surface area contributed by atoms with E-state index in [9.17, 15) is 10.1 Å². The molecule has 6 heteroatoms. The van der Waals surface area contributed by atoms with Crippen LogP contribution in [0.5, 0.6) is 11.5 Å². The fourth-order valence-corrected chi connectivity index (χ4v) is 3.02. The second-order valence-corrected chi connectivity index (χ2v) is 6.05. The topological polar surface area (TPSA) is 71.4 Å². The Balaban J connectivity index is 1.76. The lowest BCUT2D eigenvalue weighted by atomic mass is 10.2. The van der Waals surface area contributed by atoms with Gasteiger partial charge in [0.05, 0.1) is 0 Å². The van der Waals surface area contributed by atoms with Crippen molar-refractivity contribution < 1.29 is 14.3 Å². The van der Waals surface area contributed by atoms with E-state index in [1.165, 1.54) is 4.88 Å².